The molecule has 0 unspecified atom stereocenters. The molecule has 0 amide bonds. The highest BCUT2D eigenvalue weighted by molar-refractivity contribution is 7.89. The molecular formula is C25H26Cl2N2O3S. The van der Waals surface area contributed by atoms with Gasteiger partial charge in [0, 0.05) is 18.5 Å². The summed E-state index contributed by atoms with van der Waals surface area (Å²) in [6.07, 6.45) is 2.59. The van der Waals surface area contributed by atoms with Crippen molar-refractivity contribution in [3.8, 4) is 5.75 Å². The molecule has 0 saturated heterocycles. The molecule has 8 heteroatoms. The largest absolute Gasteiger partial charge is 0.492 e. The Balaban J connectivity index is 1.42. The van der Waals surface area contributed by atoms with Crippen LogP contribution in [0.15, 0.2) is 71.6 Å². The van der Waals surface area contributed by atoms with E-state index in [4.69, 9.17) is 33.7 Å². The van der Waals surface area contributed by atoms with Gasteiger partial charge in [0.1, 0.15) is 12.4 Å². The molecular weight excluding hydrogens is 479 g/mol. The normalized spacial score (nSPS) is 18.0. The van der Waals surface area contributed by atoms with E-state index in [-0.39, 0.29) is 30.0 Å². The van der Waals surface area contributed by atoms with Crippen molar-refractivity contribution in [2.75, 3.05) is 13.2 Å². The van der Waals surface area contributed by atoms with Crippen molar-refractivity contribution in [2.24, 2.45) is 5.73 Å². The molecule has 1 aliphatic carbocycles. The Morgan fingerprint density at radius 2 is 1.79 bits per heavy atom. The zero-order valence-corrected chi connectivity index (χ0v) is 20.3. The van der Waals surface area contributed by atoms with E-state index in [9.17, 15) is 8.42 Å². The lowest BCUT2D eigenvalue weighted by atomic mass is 9.76. The summed E-state index contributed by atoms with van der Waals surface area (Å²) in [6, 6.07) is 20.0. The number of sulfonamides is 1. The van der Waals surface area contributed by atoms with Crippen LogP contribution in [0.3, 0.4) is 0 Å². The maximum absolute atomic E-state index is 12.3. The molecule has 3 aromatic carbocycles. The van der Waals surface area contributed by atoms with E-state index in [1.807, 2.05) is 30.3 Å². The van der Waals surface area contributed by atoms with Crippen LogP contribution in [0.25, 0.3) is 0 Å². The zero-order chi connectivity index (χ0) is 23.4. The molecule has 0 aromatic heterocycles. The van der Waals surface area contributed by atoms with Crippen LogP contribution in [0.4, 0.5) is 0 Å². The highest BCUT2D eigenvalue weighted by atomic mass is 35.5. The number of hydrogen-bond donors (Lipinski definition) is 2. The van der Waals surface area contributed by atoms with Crippen LogP contribution in [0, 0.1) is 0 Å². The van der Waals surface area contributed by atoms with Crippen LogP contribution in [-0.2, 0) is 22.9 Å². The van der Waals surface area contributed by atoms with E-state index in [1.165, 1.54) is 11.1 Å². The second kappa shape index (κ2) is 10.5. The number of benzene rings is 3. The average molecular weight is 505 g/mol. The zero-order valence-electron chi connectivity index (χ0n) is 18.0. The molecule has 0 heterocycles. The molecule has 0 aliphatic heterocycles. The maximum atomic E-state index is 12.3. The van der Waals surface area contributed by atoms with Crippen molar-refractivity contribution < 1.29 is 13.2 Å². The Hall–Kier alpha value is -2.09. The van der Waals surface area contributed by atoms with Crippen molar-refractivity contribution in [3.63, 3.8) is 0 Å². The fourth-order valence-corrected chi connectivity index (χ4v) is 5.55. The molecule has 174 valence electrons. The highest BCUT2D eigenvalue weighted by Gasteiger charge is 2.28. The van der Waals surface area contributed by atoms with Gasteiger partial charge in [-0.05, 0) is 72.4 Å². The van der Waals surface area contributed by atoms with Gasteiger partial charge < -0.3 is 10.5 Å². The lowest BCUT2D eigenvalue weighted by Gasteiger charge is -2.32. The smallest absolute Gasteiger partial charge is 0.240 e. The van der Waals surface area contributed by atoms with Gasteiger partial charge in [0.2, 0.25) is 10.0 Å². The molecule has 3 N–H and O–H groups in total. The first-order valence-corrected chi connectivity index (χ1v) is 13.1. The first-order valence-electron chi connectivity index (χ1n) is 10.8. The lowest BCUT2D eigenvalue weighted by molar-refractivity contribution is 0.321. The van der Waals surface area contributed by atoms with E-state index in [0.29, 0.717) is 15.8 Å². The Morgan fingerprint density at radius 3 is 2.55 bits per heavy atom. The van der Waals surface area contributed by atoms with E-state index in [1.54, 1.807) is 30.3 Å². The Kier molecular flexibility index (Phi) is 7.62. The maximum Gasteiger partial charge on any atom is 0.240 e. The highest BCUT2D eigenvalue weighted by Crippen LogP contribution is 2.36. The summed E-state index contributed by atoms with van der Waals surface area (Å²) in [5.41, 5.74) is 10.0. The van der Waals surface area contributed by atoms with Gasteiger partial charge in [-0.15, -0.1) is 0 Å². The number of fused-ring (bicyclic) bond motifs is 1. The lowest BCUT2D eigenvalue weighted by Crippen LogP contribution is -2.34. The molecule has 5 nitrogen and oxygen atoms in total. The van der Waals surface area contributed by atoms with E-state index in [0.717, 1.165) is 24.8 Å². The minimum absolute atomic E-state index is 0.0277. The predicted molar refractivity (Wildman–Crippen MR) is 133 cm³/mol. The standard InChI is InChI=1S/C25H26Cl2N2O3S/c26-23-10-6-17(15-24(23)27)14-22-21-16-19(9-7-18(21)8-11-25(22)28)32-13-12-29-33(30,31)20-4-2-1-3-5-20/h1-7,9-10,15-16,22,25,29H,8,11-14,28H2/t22-,25+/m1/s1. The molecule has 0 radical (unpaired) electrons. The second-order valence-corrected chi connectivity index (χ2v) is 10.8. The molecule has 4 rings (SSSR count). The van der Waals surface area contributed by atoms with Crippen molar-refractivity contribution in [2.45, 2.75) is 36.1 Å². The predicted octanol–water partition coefficient (Wildman–Crippen LogP) is 4.95. The number of nitrogens with two attached hydrogens (primary N) is 1. The molecule has 0 saturated carbocycles. The van der Waals surface area contributed by atoms with E-state index in [2.05, 4.69) is 10.8 Å². The number of rotatable bonds is 8. The van der Waals surface area contributed by atoms with Crippen LogP contribution >= 0.6 is 23.2 Å². The van der Waals surface area contributed by atoms with Gasteiger partial charge in [-0.25, -0.2) is 13.1 Å². The minimum atomic E-state index is -3.55. The molecule has 2 atom stereocenters. The second-order valence-electron chi connectivity index (χ2n) is 8.18. The summed E-state index contributed by atoms with van der Waals surface area (Å²) in [6.45, 7) is 0.384. The fraction of sp³-hybridized carbons (Fsp3) is 0.280. The van der Waals surface area contributed by atoms with Crippen molar-refractivity contribution in [1.82, 2.24) is 4.72 Å². The summed E-state index contributed by atoms with van der Waals surface area (Å²) >= 11 is 12.3. The van der Waals surface area contributed by atoms with Gasteiger partial charge in [0.25, 0.3) is 0 Å². The summed E-state index contributed by atoms with van der Waals surface area (Å²) in [7, 11) is -3.55. The van der Waals surface area contributed by atoms with E-state index >= 15 is 0 Å². The van der Waals surface area contributed by atoms with Gasteiger partial charge >= 0.3 is 0 Å². The van der Waals surface area contributed by atoms with Crippen LogP contribution < -0.4 is 15.2 Å². The molecule has 0 spiro atoms. The number of hydrogen-bond acceptors (Lipinski definition) is 4. The number of nitrogens with one attached hydrogen (secondary N) is 1. The van der Waals surface area contributed by atoms with Crippen molar-refractivity contribution in [3.05, 3.63) is 93.5 Å². The van der Waals surface area contributed by atoms with Crippen LogP contribution in [0.1, 0.15) is 29.0 Å². The summed E-state index contributed by atoms with van der Waals surface area (Å²) in [5, 5.41) is 1.07. The Morgan fingerprint density at radius 1 is 1.00 bits per heavy atom. The van der Waals surface area contributed by atoms with Crippen LogP contribution in [0.5, 0.6) is 5.75 Å². The fourth-order valence-electron chi connectivity index (χ4n) is 4.20. The van der Waals surface area contributed by atoms with Gasteiger partial charge in [-0.1, -0.05) is 53.5 Å². The topological polar surface area (TPSA) is 81.4 Å². The van der Waals surface area contributed by atoms with Gasteiger partial charge in [0.05, 0.1) is 14.9 Å². The Labute approximate surface area is 204 Å². The molecule has 33 heavy (non-hydrogen) atoms. The van der Waals surface area contributed by atoms with Crippen LogP contribution in [0.2, 0.25) is 10.0 Å². The third-order valence-electron chi connectivity index (χ3n) is 5.94. The quantitative estimate of drug-likeness (QED) is 0.425. The van der Waals surface area contributed by atoms with Crippen molar-refractivity contribution >= 4 is 33.2 Å². The number of halogens is 2. The third-order valence-corrected chi connectivity index (χ3v) is 8.15. The summed E-state index contributed by atoms with van der Waals surface area (Å²) in [4.78, 5) is 0.234. The molecule has 0 bridgehead atoms. The monoisotopic (exact) mass is 504 g/mol. The number of ether oxygens (including phenoxy) is 1. The molecule has 0 fully saturated rings. The third kappa shape index (κ3) is 5.89. The van der Waals surface area contributed by atoms with Gasteiger partial charge in [-0.3, -0.25) is 0 Å². The first kappa shape index (κ1) is 24.0. The van der Waals surface area contributed by atoms with Crippen LogP contribution in [-0.4, -0.2) is 27.6 Å². The SMILES string of the molecule is N[C@H]1CCc2ccc(OCCNS(=O)(=O)c3ccccc3)cc2[C@H]1Cc1ccc(Cl)c(Cl)c1. The van der Waals surface area contributed by atoms with Gasteiger partial charge in [-0.2, -0.15) is 0 Å². The summed E-state index contributed by atoms with van der Waals surface area (Å²) in [5.74, 6) is 0.826. The Bertz CT molecular complexity index is 1220. The van der Waals surface area contributed by atoms with E-state index < -0.39 is 10.0 Å². The average Bonchev–Trinajstić information content (AvgIpc) is 2.81. The first-order chi connectivity index (χ1) is 15.8. The van der Waals surface area contributed by atoms with Gasteiger partial charge in [0.15, 0.2) is 0 Å². The minimum Gasteiger partial charge on any atom is -0.492 e. The molecule has 1 aliphatic rings. The summed E-state index contributed by atoms with van der Waals surface area (Å²) < 4.78 is 33.1. The molecule has 3 aromatic rings. The number of aryl methyl sites for hydroxylation is 1. The van der Waals surface area contributed by atoms with Crippen molar-refractivity contribution in [1.29, 1.82) is 0 Å².